The van der Waals surface area contributed by atoms with E-state index in [1.165, 1.54) is 58.8 Å². The Kier molecular flexibility index (Phi) is 33.2. The van der Waals surface area contributed by atoms with Crippen LogP contribution in [0.15, 0.2) is 0 Å². The topological polar surface area (TPSA) is 162 Å². The highest BCUT2D eigenvalue weighted by Gasteiger charge is 2.19. The van der Waals surface area contributed by atoms with Crippen LogP contribution in [0.1, 0.15) is 162 Å². The van der Waals surface area contributed by atoms with Crippen molar-refractivity contribution in [3.8, 4) is 0 Å². The van der Waals surface area contributed by atoms with Gasteiger partial charge < -0.3 is 29.4 Å². The zero-order valence-corrected chi connectivity index (χ0v) is 31.4. The van der Waals surface area contributed by atoms with E-state index in [0.29, 0.717) is 65.1 Å². The second-order valence-electron chi connectivity index (χ2n) is 13.6. The molecule has 0 aromatic rings. The zero-order chi connectivity index (χ0) is 37.1. The molecule has 290 valence electrons. The number of ketones is 4. The van der Waals surface area contributed by atoms with Crippen LogP contribution in [0.2, 0.25) is 0 Å². The SMILES string of the molecule is CC(=O)CC[C@H](CC(=O)COCC(=O)CCCCOCCCCOCCCNC(=O)CCCCCCCCCCCCCCC(=O)O)C(C)=O. The molecule has 0 heterocycles. The van der Waals surface area contributed by atoms with Crippen LogP contribution in [-0.2, 0) is 43.0 Å². The van der Waals surface area contributed by atoms with E-state index in [1.54, 1.807) is 0 Å². The van der Waals surface area contributed by atoms with Crippen molar-refractivity contribution < 1.29 is 48.1 Å². The van der Waals surface area contributed by atoms with E-state index >= 15 is 0 Å². The summed E-state index contributed by atoms with van der Waals surface area (Å²) in [6.45, 7) is 5.70. The van der Waals surface area contributed by atoms with E-state index in [1.807, 2.05) is 0 Å². The Bertz CT molecular complexity index is 923. The highest BCUT2D eigenvalue weighted by molar-refractivity contribution is 5.88. The van der Waals surface area contributed by atoms with Crippen molar-refractivity contribution in [1.82, 2.24) is 5.32 Å². The lowest BCUT2D eigenvalue weighted by Crippen LogP contribution is -2.24. The van der Waals surface area contributed by atoms with Gasteiger partial charge in [-0.3, -0.25) is 24.0 Å². The van der Waals surface area contributed by atoms with Crippen LogP contribution >= 0.6 is 0 Å². The number of carboxylic acid groups (broad SMARTS) is 1. The summed E-state index contributed by atoms with van der Waals surface area (Å²) in [6.07, 6.45) is 19.6. The number of rotatable bonds is 39. The van der Waals surface area contributed by atoms with Crippen LogP contribution in [0.3, 0.4) is 0 Å². The predicted octanol–water partition coefficient (Wildman–Crippen LogP) is 7.14. The molecular formula is C39H69NO10. The first-order valence-electron chi connectivity index (χ1n) is 19.4. The van der Waals surface area contributed by atoms with Crippen molar-refractivity contribution in [3.05, 3.63) is 0 Å². The Balaban J connectivity index is 3.41. The summed E-state index contributed by atoms with van der Waals surface area (Å²) in [5.41, 5.74) is 0. The third-order valence-electron chi connectivity index (χ3n) is 8.57. The van der Waals surface area contributed by atoms with Crippen LogP contribution in [0.5, 0.6) is 0 Å². The Hall–Kier alpha value is -2.50. The number of hydrogen-bond acceptors (Lipinski definition) is 9. The van der Waals surface area contributed by atoms with Crippen molar-refractivity contribution in [2.75, 3.05) is 46.2 Å². The average molecular weight is 712 g/mol. The fourth-order valence-electron chi connectivity index (χ4n) is 5.47. The number of unbranched alkanes of at least 4 members (excludes halogenated alkanes) is 13. The van der Waals surface area contributed by atoms with E-state index in [4.69, 9.17) is 19.3 Å². The molecule has 0 aliphatic rings. The van der Waals surface area contributed by atoms with Gasteiger partial charge in [0.05, 0.1) is 0 Å². The van der Waals surface area contributed by atoms with Gasteiger partial charge >= 0.3 is 5.97 Å². The third-order valence-corrected chi connectivity index (χ3v) is 8.57. The number of nitrogens with one attached hydrogen (secondary N) is 1. The Morgan fingerprint density at radius 3 is 1.50 bits per heavy atom. The smallest absolute Gasteiger partial charge is 0.303 e. The minimum absolute atomic E-state index is 0.0137. The second-order valence-corrected chi connectivity index (χ2v) is 13.6. The molecule has 0 spiro atoms. The van der Waals surface area contributed by atoms with Gasteiger partial charge in [-0.15, -0.1) is 0 Å². The molecule has 50 heavy (non-hydrogen) atoms. The van der Waals surface area contributed by atoms with Gasteiger partial charge in [-0.1, -0.05) is 64.2 Å². The van der Waals surface area contributed by atoms with Gasteiger partial charge in [0.25, 0.3) is 0 Å². The zero-order valence-electron chi connectivity index (χ0n) is 31.4. The van der Waals surface area contributed by atoms with Gasteiger partial charge in [-0.25, -0.2) is 0 Å². The quantitative estimate of drug-likeness (QED) is 0.0627. The van der Waals surface area contributed by atoms with Crippen LogP contribution in [0, 0.1) is 5.92 Å². The number of hydrogen-bond donors (Lipinski definition) is 2. The number of amides is 1. The number of aliphatic carboxylic acids is 1. The van der Waals surface area contributed by atoms with Gasteiger partial charge in [-0.2, -0.15) is 0 Å². The summed E-state index contributed by atoms with van der Waals surface area (Å²) in [6, 6.07) is 0. The fraction of sp³-hybridized carbons (Fsp3) is 0.846. The molecule has 0 bridgehead atoms. The molecule has 1 atom stereocenters. The first-order valence-corrected chi connectivity index (χ1v) is 19.4. The summed E-state index contributed by atoms with van der Waals surface area (Å²) >= 11 is 0. The van der Waals surface area contributed by atoms with Gasteiger partial charge in [0.2, 0.25) is 5.91 Å². The first-order chi connectivity index (χ1) is 24.1. The van der Waals surface area contributed by atoms with E-state index < -0.39 is 11.9 Å². The molecule has 0 aromatic heterocycles. The van der Waals surface area contributed by atoms with Crippen molar-refractivity contribution in [3.63, 3.8) is 0 Å². The fourth-order valence-corrected chi connectivity index (χ4v) is 5.47. The van der Waals surface area contributed by atoms with Crippen LogP contribution in [0.25, 0.3) is 0 Å². The third kappa shape index (κ3) is 35.3. The molecule has 0 aliphatic heterocycles. The van der Waals surface area contributed by atoms with Crippen LogP contribution < -0.4 is 5.32 Å². The molecule has 0 saturated carbocycles. The van der Waals surface area contributed by atoms with E-state index in [0.717, 1.165) is 57.8 Å². The van der Waals surface area contributed by atoms with E-state index in [9.17, 15) is 28.8 Å². The van der Waals surface area contributed by atoms with Crippen molar-refractivity contribution in [1.29, 1.82) is 0 Å². The maximum absolute atomic E-state index is 12.1. The molecule has 2 N–H and O–H groups in total. The highest BCUT2D eigenvalue weighted by Crippen LogP contribution is 2.15. The molecule has 0 saturated heterocycles. The van der Waals surface area contributed by atoms with Gasteiger partial charge in [0, 0.05) is 71.0 Å². The minimum Gasteiger partial charge on any atom is -0.481 e. The Morgan fingerprint density at radius 1 is 0.520 bits per heavy atom. The lowest BCUT2D eigenvalue weighted by Gasteiger charge is -2.12. The molecule has 0 rings (SSSR count). The number of Topliss-reactive ketones (excluding diaryl/α,β-unsaturated/α-hetero) is 4. The largest absolute Gasteiger partial charge is 0.481 e. The lowest BCUT2D eigenvalue weighted by molar-refractivity contribution is -0.137. The van der Waals surface area contributed by atoms with E-state index in [2.05, 4.69) is 5.32 Å². The van der Waals surface area contributed by atoms with Crippen LogP contribution in [0.4, 0.5) is 0 Å². The molecule has 0 aromatic carbocycles. The van der Waals surface area contributed by atoms with Crippen molar-refractivity contribution in [2.45, 2.75) is 162 Å². The lowest BCUT2D eigenvalue weighted by atomic mass is 9.93. The van der Waals surface area contributed by atoms with Crippen LogP contribution in [-0.4, -0.2) is 86.3 Å². The summed E-state index contributed by atoms with van der Waals surface area (Å²) < 4.78 is 16.5. The van der Waals surface area contributed by atoms with E-state index in [-0.39, 0.29) is 55.1 Å². The summed E-state index contributed by atoms with van der Waals surface area (Å²) in [4.78, 5) is 69.4. The normalized spacial score (nSPS) is 11.7. The maximum Gasteiger partial charge on any atom is 0.303 e. The molecular weight excluding hydrogens is 642 g/mol. The minimum atomic E-state index is -0.695. The summed E-state index contributed by atoms with van der Waals surface area (Å²) in [5.74, 6) is -1.49. The number of ether oxygens (including phenoxy) is 3. The molecule has 1 amide bonds. The predicted molar refractivity (Wildman–Crippen MR) is 194 cm³/mol. The van der Waals surface area contributed by atoms with Gasteiger partial charge in [-0.05, 0) is 65.2 Å². The number of carbonyl (C=O) groups excluding carboxylic acids is 5. The first kappa shape index (κ1) is 47.5. The number of carboxylic acids is 1. The Labute approximate surface area is 301 Å². The maximum atomic E-state index is 12.1. The molecule has 11 heteroatoms. The average Bonchev–Trinajstić information content (AvgIpc) is 3.06. The van der Waals surface area contributed by atoms with Gasteiger partial charge in [0.15, 0.2) is 11.6 Å². The van der Waals surface area contributed by atoms with Gasteiger partial charge in [0.1, 0.15) is 24.8 Å². The molecule has 0 fully saturated rings. The second kappa shape index (κ2) is 34.9. The highest BCUT2D eigenvalue weighted by atomic mass is 16.5. The summed E-state index contributed by atoms with van der Waals surface area (Å²) in [5, 5.41) is 11.6. The molecule has 0 radical (unpaired) electrons. The van der Waals surface area contributed by atoms with Crippen molar-refractivity contribution >= 4 is 35.0 Å². The molecule has 11 nitrogen and oxygen atoms in total. The summed E-state index contributed by atoms with van der Waals surface area (Å²) in [7, 11) is 0. The Morgan fingerprint density at radius 2 is 0.980 bits per heavy atom. The molecule has 0 unspecified atom stereocenters. The molecule has 0 aliphatic carbocycles. The number of carbonyl (C=O) groups is 6. The monoisotopic (exact) mass is 711 g/mol. The standard InChI is InChI=1S/C39H69NO10/c1-33(41)23-24-35(34(2)42)30-37(44)32-50-31-36(43)20-15-16-26-48-27-17-18-28-49-29-19-25-40-38(45)21-13-11-9-7-5-3-4-6-8-10-12-14-22-39(46)47/h35H,3-32H2,1-2H3,(H,40,45)(H,46,47)/t35-/m1/s1. The van der Waals surface area contributed by atoms with Crippen molar-refractivity contribution in [2.24, 2.45) is 5.92 Å².